The van der Waals surface area contributed by atoms with E-state index in [1.807, 2.05) is 0 Å². The van der Waals surface area contributed by atoms with Crippen LogP contribution in [0.2, 0.25) is 0 Å². The lowest BCUT2D eigenvalue weighted by Crippen LogP contribution is -2.08. The van der Waals surface area contributed by atoms with E-state index < -0.39 is 10.1 Å². The molecule has 0 bridgehead atoms. The topological polar surface area (TPSA) is 92.7 Å². The van der Waals surface area contributed by atoms with Crippen LogP contribution in [0.15, 0.2) is 23.1 Å². The summed E-state index contributed by atoms with van der Waals surface area (Å²) in [6.45, 7) is 1.32. The van der Waals surface area contributed by atoms with Gasteiger partial charge in [0, 0.05) is 13.0 Å². The van der Waals surface area contributed by atoms with Gasteiger partial charge in [-0.15, -0.1) is 0 Å². The van der Waals surface area contributed by atoms with Crippen LogP contribution in [0, 0.1) is 0 Å². The molecule has 0 heterocycles. The number of hydrogen-bond donors (Lipinski definition) is 2. The van der Waals surface area contributed by atoms with Gasteiger partial charge >= 0.3 is 0 Å². The predicted molar refractivity (Wildman–Crippen MR) is 57.1 cm³/mol. The minimum absolute atomic E-state index is 0.158. The zero-order valence-electron chi connectivity index (χ0n) is 8.72. The summed E-state index contributed by atoms with van der Waals surface area (Å²) in [7, 11) is -2.95. The van der Waals surface area contributed by atoms with Crippen LogP contribution in [0.4, 0.5) is 5.69 Å². The second-order valence-electron chi connectivity index (χ2n) is 3.02. The summed E-state index contributed by atoms with van der Waals surface area (Å²) in [4.78, 5) is 10.5. The second-order valence-corrected chi connectivity index (χ2v) is 4.44. The lowest BCUT2D eigenvalue weighted by atomic mass is 10.3. The number of ether oxygens (including phenoxy) is 1. The summed E-state index contributed by atoms with van der Waals surface area (Å²) in [6, 6.07) is 3.63. The van der Waals surface area contributed by atoms with E-state index in [1.165, 1.54) is 26.2 Å². The highest BCUT2D eigenvalue weighted by atomic mass is 32.2. The molecule has 0 unspecified atom stereocenters. The van der Waals surface area contributed by atoms with E-state index in [-0.39, 0.29) is 16.6 Å². The van der Waals surface area contributed by atoms with Gasteiger partial charge < -0.3 is 10.1 Å². The molecular formula is C9H11NO5S. The number of rotatable bonds is 3. The Morgan fingerprint density at radius 1 is 1.44 bits per heavy atom. The molecule has 0 aliphatic heterocycles. The fourth-order valence-corrected chi connectivity index (χ4v) is 1.62. The molecule has 16 heavy (non-hydrogen) atoms. The number of amides is 1. The van der Waals surface area contributed by atoms with Gasteiger partial charge in [-0.1, -0.05) is 0 Å². The van der Waals surface area contributed by atoms with Crippen LogP contribution in [-0.4, -0.2) is 26.0 Å². The number of benzene rings is 1. The largest absolute Gasteiger partial charge is 0.495 e. The van der Waals surface area contributed by atoms with Crippen molar-refractivity contribution in [1.82, 2.24) is 0 Å². The molecule has 0 spiro atoms. The number of nitrogens with one attached hydrogen (secondary N) is 1. The molecule has 1 rings (SSSR count). The van der Waals surface area contributed by atoms with Crippen molar-refractivity contribution in [3.8, 4) is 5.75 Å². The van der Waals surface area contributed by atoms with Gasteiger partial charge in [-0.05, 0) is 12.1 Å². The first-order valence-corrected chi connectivity index (χ1v) is 5.71. The van der Waals surface area contributed by atoms with E-state index in [0.717, 1.165) is 6.07 Å². The Labute approximate surface area is 93.0 Å². The summed E-state index contributed by atoms with van der Waals surface area (Å²) >= 11 is 0. The Balaban J connectivity index is 3.22. The molecule has 0 aliphatic carbocycles. The standard InChI is InChI=1S/C9H11NO5S/c1-6(11)10-8-4-3-7(16(12,13)14)5-9(8)15-2/h3-5H,1-2H3,(H,10,11)(H,12,13,14). The summed E-state index contributed by atoms with van der Waals surface area (Å²) < 4.78 is 35.4. The SMILES string of the molecule is COc1cc(S(=O)(=O)O)ccc1NC(C)=O. The Morgan fingerprint density at radius 2 is 2.06 bits per heavy atom. The number of carbonyl (C=O) groups excluding carboxylic acids is 1. The Bertz CT molecular complexity index is 509. The van der Waals surface area contributed by atoms with E-state index in [2.05, 4.69) is 5.32 Å². The molecule has 88 valence electrons. The van der Waals surface area contributed by atoms with Crippen molar-refractivity contribution < 1.29 is 22.5 Å². The minimum atomic E-state index is -4.27. The molecule has 0 atom stereocenters. The van der Waals surface area contributed by atoms with E-state index in [0.29, 0.717) is 5.69 Å². The van der Waals surface area contributed by atoms with E-state index in [4.69, 9.17) is 9.29 Å². The highest BCUT2D eigenvalue weighted by molar-refractivity contribution is 7.85. The molecule has 0 saturated carbocycles. The zero-order chi connectivity index (χ0) is 12.3. The maximum atomic E-state index is 10.8. The van der Waals surface area contributed by atoms with Gasteiger partial charge in [0.25, 0.3) is 10.1 Å². The number of anilines is 1. The fourth-order valence-electron chi connectivity index (χ4n) is 1.12. The normalized spacial score (nSPS) is 10.9. The van der Waals surface area contributed by atoms with Gasteiger partial charge in [0.05, 0.1) is 17.7 Å². The van der Waals surface area contributed by atoms with Gasteiger partial charge in [0.1, 0.15) is 5.75 Å². The quantitative estimate of drug-likeness (QED) is 0.772. The first-order valence-electron chi connectivity index (χ1n) is 4.27. The number of hydrogen-bond acceptors (Lipinski definition) is 4. The van der Waals surface area contributed by atoms with Gasteiger partial charge in [-0.25, -0.2) is 0 Å². The monoisotopic (exact) mass is 245 g/mol. The molecule has 6 nitrogen and oxygen atoms in total. The first kappa shape index (κ1) is 12.5. The maximum Gasteiger partial charge on any atom is 0.294 e. The van der Waals surface area contributed by atoms with Crippen molar-refractivity contribution in [2.24, 2.45) is 0 Å². The summed E-state index contributed by atoms with van der Waals surface area (Å²) in [5, 5.41) is 2.46. The van der Waals surface area contributed by atoms with Crippen LogP contribution in [0.25, 0.3) is 0 Å². The van der Waals surface area contributed by atoms with E-state index in [1.54, 1.807) is 0 Å². The van der Waals surface area contributed by atoms with E-state index >= 15 is 0 Å². The van der Waals surface area contributed by atoms with Gasteiger partial charge in [0.15, 0.2) is 0 Å². The van der Waals surface area contributed by atoms with Crippen molar-refractivity contribution >= 4 is 21.7 Å². The van der Waals surface area contributed by atoms with Crippen LogP contribution in [0.3, 0.4) is 0 Å². The van der Waals surface area contributed by atoms with Crippen molar-refractivity contribution in [2.75, 3.05) is 12.4 Å². The Morgan fingerprint density at radius 3 is 2.50 bits per heavy atom. The van der Waals surface area contributed by atoms with E-state index in [9.17, 15) is 13.2 Å². The van der Waals surface area contributed by atoms with Crippen LogP contribution >= 0.6 is 0 Å². The molecule has 7 heteroatoms. The summed E-state index contributed by atoms with van der Waals surface area (Å²) in [5.41, 5.74) is 0.336. The number of carbonyl (C=O) groups is 1. The molecule has 0 fully saturated rings. The van der Waals surface area contributed by atoms with Crippen LogP contribution in [0.1, 0.15) is 6.92 Å². The van der Waals surface area contributed by atoms with Gasteiger partial charge in [0.2, 0.25) is 5.91 Å². The fraction of sp³-hybridized carbons (Fsp3) is 0.222. The van der Waals surface area contributed by atoms with Crippen LogP contribution in [0.5, 0.6) is 5.75 Å². The van der Waals surface area contributed by atoms with Gasteiger partial charge in [-0.2, -0.15) is 8.42 Å². The summed E-state index contributed by atoms with van der Waals surface area (Å²) in [5.74, 6) is -0.150. The zero-order valence-corrected chi connectivity index (χ0v) is 9.54. The highest BCUT2D eigenvalue weighted by Crippen LogP contribution is 2.27. The Kier molecular flexibility index (Phi) is 3.51. The highest BCUT2D eigenvalue weighted by Gasteiger charge is 2.13. The third-order valence-electron chi connectivity index (χ3n) is 1.78. The van der Waals surface area contributed by atoms with Crippen molar-refractivity contribution in [2.45, 2.75) is 11.8 Å². The predicted octanol–water partition coefficient (Wildman–Crippen LogP) is 0.900. The molecule has 0 radical (unpaired) electrons. The molecular weight excluding hydrogens is 234 g/mol. The third-order valence-corrected chi connectivity index (χ3v) is 2.63. The molecule has 0 aromatic heterocycles. The third kappa shape index (κ3) is 2.94. The lowest BCUT2D eigenvalue weighted by Gasteiger charge is -2.09. The second kappa shape index (κ2) is 4.50. The van der Waals surface area contributed by atoms with Crippen LogP contribution in [-0.2, 0) is 14.9 Å². The maximum absolute atomic E-state index is 10.8. The lowest BCUT2D eigenvalue weighted by molar-refractivity contribution is -0.114. The van der Waals surface area contributed by atoms with Crippen molar-refractivity contribution in [3.05, 3.63) is 18.2 Å². The minimum Gasteiger partial charge on any atom is -0.495 e. The summed E-state index contributed by atoms with van der Waals surface area (Å²) in [6.07, 6.45) is 0. The molecule has 1 aromatic carbocycles. The Hall–Kier alpha value is -1.60. The number of methoxy groups -OCH3 is 1. The molecule has 1 aromatic rings. The van der Waals surface area contributed by atoms with Gasteiger partial charge in [-0.3, -0.25) is 9.35 Å². The van der Waals surface area contributed by atoms with Crippen LogP contribution < -0.4 is 10.1 Å². The molecule has 1 amide bonds. The average Bonchev–Trinajstić information content (AvgIpc) is 2.15. The smallest absolute Gasteiger partial charge is 0.294 e. The molecule has 0 aliphatic rings. The average molecular weight is 245 g/mol. The molecule has 0 saturated heterocycles. The van der Waals surface area contributed by atoms with Crippen molar-refractivity contribution in [1.29, 1.82) is 0 Å². The first-order chi connectivity index (χ1) is 7.34. The van der Waals surface area contributed by atoms with Crippen molar-refractivity contribution in [3.63, 3.8) is 0 Å². The molecule has 2 N–H and O–H groups in total.